The lowest BCUT2D eigenvalue weighted by Crippen LogP contribution is -2.42. The highest BCUT2D eigenvalue weighted by atomic mass is 19.1. The molecular weight excluding hydrogens is 239 g/mol. The van der Waals surface area contributed by atoms with E-state index in [4.69, 9.17) is 0 Å². The fraction of sp³-hybridized carbons (Fsp3) is 0.647. The Bertz CT molecular complexity index is 427. The molecule has 19 heavy (non-hydrogen) atoms. The predicted octanol–water partition coefficient (Wildman–Crippen LogP) is 4.19. The van der Waals surface area contributed by atoms with E-state index in [1.807, 2.05) is 6.07 Å². The van der Waals surface area contributed by atoms with Crippen molar-refractivity contribution in [3.8, 4) is 0 Å². The summed E-state index contributed by atoms with van der Waals surface area (Å²) in [6, 6.07) is 6.59. The molecule has 1 unspecified atom stereocenters. The third kappa shape index (κ3) is 3.36. The Morgan fingerprint density at radius 3 is 2.79 bits per heavy atom. The van der Waals surface area contributed by atoms with Crippen LogP contribution in [-0.4, -0.2) is 11.2 Å². The Morgan fingerprint density at radius 1 is 1.42 bits per heavy atom. The highest BCUT2D eigenvalue weighted by Gasteiger charge is 2.40. The second-order valence-electron chi connectivity index (χ2n) is 6.79. The van der Waals surface area contributed by atoms with Gasteiger partial charge in [0.25, 0.3) is 0 Å². The number of benzene rings is 1. The zero-order chi connectivity index (χ0) is 14.0. The molecule has 0 amide bonds. The van der Waals surface area contributed by atoms with Crippen molar-refractivity contribution in [2.24, 2.45) is 17.3 Å². The molecule has 2 heteroatoms. The van der Waals surface area contributed by atoms with E-state index in [9.17, 15) is 9.50 Å². The van der Waals surface area contributed by atoms with Gasteiger partial charge in [-0.25, -0.2) is 4.39 Å². The molecule has 1 nitrogen and oxygen atoms in total. The van der Waals surface area contributed by atoms with Crippen molar-refractivity contribution in [1.82, 2.24) is 0 Å². The van der Waals surface area contributed by atoms with Crippen molar-refractivity contribution >= 4 is 0 Å². The molecule has 0 aliphatic heterocycles. The van der Waals surface area contributed by atoms with Crippen LogP contribution in [0, 0.1) is 23.1 Å². The molecule has 0 spiro atoms. The molecule has 0 heterocycles. The van der Waals surface area contributed by atoms with E-state index in [2.05, 4.69) is 20.8 Å². The largest absolute Gasteiger partial charge is 0.392 e. The topological polar surface area (TPSA) is 20.2 Å². The smallest absolute Gasteiger partial charge is 0.123 e. The molecule has 2 rings (SSSR count). The summed E-state index contributed by atoms with van der Waals surface area (Å²) in [5.41, 5.74) is 1.06. The Morgan fingerprint density at radius 2 is 2.16 bits per heavy atom. The fourth-order valence-electron chi connectivity index (χ4n) is 3.93. The number of hydrogen-bond acceptors (Lipinski definition) is 1. The molecular formula is C17H25FO. The molecule has 1 aromatic rings. The van der Waals surface area contributed by atoms with E-state index < -0.39 is 0 Å². The van der Waals surface area contributed by atoms with Crippen LogP contribution in [0.25, 0.3) is 0 Å². The molecule has 1 N–H and O–H groups in total. The fourth-order valence-corrected chi connectivity index (χ4v) is 3.93. The van der Waals surface area contributed by atoms with E-state index in [0.29, 0.717) is 18.3 Å². The van der Waals surface area contributed by atoms with Crippen LogP contribution >= 0.6 is 0 Å². The molecule has 106 valence electrons. The van der Waals surface area contributed by atoms with Crippen LogP contribution in [0.1, 0.15) is 45.6 Å². The van der Waals surface area contributed by atoms with Crippen LogP contribution in [0.4, 0.5) is 4.39 Å². The molecule has 0 bridgehead atoms. The summed E-state index contributed by atoms with van der Waals surface area (Å²) in [6.07, 6.45) is 3.77. The zero-order valence-corrected chi connectivity index (χ0v) is 12.2. The Hall–Kier alpha value is -0.890. The van der Waals surface area contributed by atoms with Gasteiger partial charge in [0.15, 0.2) is 0 Å². The van der Waals surface area contributed by atoms with Gasteiger partial charge >= 0.3 is 0 Å². The maximum Gasteiger partial charge on any atom is 0.123 e. The highest BCUT2D eigenvalue weighted by Crippen LogP contribution is 2.46. The minimum absolute atomic E-state index is 0.171. The van der Waals surface area contributed by atoms with E-state index in [1.54, 1.807) is 6.07 Å². The maximum atomic E-state index is 13.2. The summed E-state index contributed by atoms with van der Waals surface area (Å²) in [4.78, 5) is 0. The van der Waals surface area contributed by atoms with Crippen LogP contribution in [-0.2, 0) is 6.42 Å². The van der Waals surface area contributed by atoms with Crippen molar-refractivity contribution < 1.29 is 9.50 Å². The lowest BCUT2D eigenvalue weighted by atomic mass is 9.61. The summed E-state index contributed by atoms with van der Waals surface area (Å²) in [5.74, 6) is 0.609. The Balaban J connectivity index is 2.11. The molecule has 0 saturated heterocycles. The molecule has 1 aliphatic carbocycles. The lowest BCUT2D eigenvalue weighted by molar-refractivity contribution is -0.0269. The van der Waals surface area contributed by atoms with Gasteiger partial charge in [0.1, 0.15) is 5.82 Å². The predicted molar refractivity (Wildman–Crippen MR) is 76.4 cm³/mol. The number of hydrogen-bond donors (Lipinski definition) is 1. The molecule has 0 radical (unpaired) electrons. The van der Waals surface area contributed by atoms with E-state index in [1.165, 1.54) is 31.4 Å². The third-order valence-electron chi connectivity index (χ3n) is 4.74. The van der Waals surface area contributed by atoms with Gasteiger partial charge in [-0.1, -0.05) is 45.7 Å². The van der Waals surface area contributed by atoms with Crippen LogP contribution in [0.3, 0.4) is 0 Å². The van der Waals surface area contributed by atoms with Crippen molar-refractivity contribution in [1.29, 1.82) is 0 Å². The molecule has 1 fully saturated rings. The second kappa shape index (κ2) is 5.62. The standard InChI is InChI=1S/C17H25FO/c1-12-6-5-9-17(2,3)16(12)15(19)11-13-7-4-8-14(18)10-13/h4,7-8,10,12,15-16,19H,5-6,9,11H2,1-3H3/t12?,15-,16-/m1/s1. The Kier molecular flexibility index (Phi) is 4.29. The second-order valence-corrected chi connectivity index (χ2v) is 6.79. The van der Waals surface area contributed by atoms with Crippen LogP contribution in [0.15, 0.2) is 24.3 Å². The monoisotopic (exact) mass is 264 g/mol. The first-order chi connectivity index (χ1) is 8.90. The minimum atomic E-state index is -0.382. The van der Waals surface area contributed by atoms with Gasteiger partial charge in [0, 0.05) is 0 Å². The number of aliphatic hydroxyl groups is 1. The third-order valence-corrected chi connectivity index (χ3v) is 4.74. The van der Waals surface area contributed by atoms with Crippen LogP contribution in [0.2, 0.25) is 0 Å². The summed E-state index contributed by atoms with van der Waals surface area (Å²) in [6.45, 7) is 6.74. The average Bonchev–Trinajstić information content (AvgIpc) is 2.27. The van der Waals surface area contributed by atoms with Crippen molar-refractivity contribution in [2.45, 2.75) is 52.6 Å². The highest BCUT2D eigenvalue weighted by molar-refractivity contribution is 5.17. The normalized spacial score (nSPS) is 28.1. The summed E-state index contributed by atoms with van der Waals surface area (Å²) < 4.78 is 13.2. The maximum absolute atomic E-state index is 13.2. The van der Waals surface area contributed by atoms with Gasteiger partial charge in [-0.05, 0) is 47.8 Å². The first-order valence-electron chi connectivity index (χ1n) is 7.32. The molecule has 1 saturated carbocycles. The van der Waals surface area contributed by atoms with Crippen LogP contribution < -0.4 is 0 Å². The van der Waals surface area contributed by atoms with Gasteiger partial charge in [0.05, 0.1) is 6.10 Å². The molecule has 3 atom stereocenters. The number of aliphatic hydroxyl groups excluding tert-OH is 1. The summed E-state index contributed by atoms with van der Waals surface area (Å²) >= 11 is 0. The SMILES string of the molecule is CC1CCCC(C)(C)[C@H]1[C@H](O)Cc1cccc(F)c1. The van der Waals surface area contributed by atoms with Gasteiger partial charge < -0.3 is 5.11 Å². The molecule has 0 aromatic heterocycles. The zero-order valence-electron chi connectivity index (χ0n) is 12.2. The van der Waals surface area contributed by atoms with E-state index in [0.717, 1.165) is 5.56 Å². The lowest BCUT2D eigenvalue weighted by Gasteiger charge is -2.45. The van der Waals surface area contributed by atoms with Crippen molar-refractivity contribution in [2.75, 3.05) is 0 Å². The first-order valence-corrected chi connectivity index (χ1v) is 7.32. The molecule has 1 aliphatic rings. The van der Waals surface area contributed by atoms with Crippen molar-refractivity contribution in [3.63, 3.8) is 0 Å². The van der Waals surface area contributed by atoms with Gasteiger partial charge in [-0.3, -0.25) is 0 Å². The van der Waals surface area contributed by atoms with Gasteiger partial charge in [-0.2, -0.15) is 0 Å². The summed E-state index contributed by atoms with van der Waals surface area (Å²) in [5, 5.41) is 10.6. The van der Waals surface area contributed by atoms with Crippen LogP contribution in [0.5, 0.6) is 0 Å². The molecule has 1 aromatic carbocycles. The number of halogens is 1. The Labute approximate surface area is 115 Å². The minimum Gasteiger partial charge on any atom is -0.392 e. The van der Waals surface area contributed by atoms with Gasteiger partial charge in [-0.15, -0.1) is 0 Å². The van der Waals surface area contributed by atoms with Gasteiger partial charge in [0.2, 0.25) is 0 Å². The quantitative estimate of drug-likeness (QED) is 0.868. The summed E-state index contributed by atoms with van der Waals surface area (Å²) in [7, 11) is 0. The number of rotatable bonds is 3. The first kappa shape index (κ1) is 14.5. The average molecular weight is 264 g/mol. The van der Waals surface area contributed by atoms with E-state index in [-0.39, 0.29) is 17.3 Å². The van der Waals surface area contributed by atoms with E-state index >= 15 is 0 Å². The van der Waals surface area contributed by atoms with Crippen molar-refractivity contribution in [3.05, 3.63) is 35.6 Å².